The highest BCUT2D eigenvalue weighted by Crippen LogP contribution is 2.43. The van der Waals surface area contributed by atoms with Crippen molar-refractivity contribution in [1.29, 1.82) is 0 Å². The Bertz CT molecular complexity index is 822. The molecule has 4 heteroatoms. The summed E-state index contributed by atoms with van der Waals surface area (Å²) >= 11 is 6.40. The normalized spacial score (nSPS) is 29.7. The smallest absolute Gasteiger partial charge is 0.160 e. The summed E-state index contributed by atoms with van der Waals surface area (Å²) in [5.41, 5.74) is 2.81. The Morgan fingerprint density at radius 2 is 1.60 bits per heavy atom. The van der Waals surface area contributed by atoms with Gasteiger partial charge >= 0.3 is 0 Å². The van der Waals surface area contributed by atoms with Crippen LogP contribution in [0, 0.1) is 29.5 Å². The van der Waals surface area contributed by atoms with Gasteiger partial charge in [0.25, 0.3) is 0 Å². The van der Waals surface area contributed by atoms with E-state index in [4.69, 9.17) is 21.1 Å². The molecule has 1 unspecified atom stereocenters. The number of ether oxygens (including phenoxy) is 2. The largest absolute Gasteiger partial charge is 0.352 e. The Labute approximate surface area is 218 Å². The highest BCUT2D eigenvalue weighted by molar-refractivity contribution is 6.31. The van der Waals surface area contributed by atoms with Crippen LogP contribution in [0.2, 0.25) is 5.02 Å². The Morgan fingerprint density at radius 3 is 2.26 bits per heavy atom. The Balaban J connectivity index is 1.23. The monoisotopic (exact) mass is 504 g/mol. The van der Waals surface area contributed by atoms with E-state index in [1.54, 1.807) is 0 Å². The Hall–Kier alpha value is -0.900. The van der Waals surface area contributed by atoms with Gasteiger partial charge in [-0.3, -0.25) is 0 Å². The van der Waals surface area contributed by atoms with Gasteiger partial charge in [0.05, 0.1) is 18.2 Å². The molecule has 0 amide bonds. The average Bonchev–Trinajstić information content (AvgIpc) is 2.90. The molecule has 1 aliphatic heterocycles. The van der Waals surface area contributed by atoms with Gasteiger partial charge in [-0.05, 0) is 87.2 Å². The molecular weight excluding hydrogens is 459 g/mol. The van der Waals surface area contributed by atoms with Crippen LogP contribution in [0.4, 0.5) is 4.39 Å². The first kappa shape index (κ1) is 27.1. The van der Waals surface area contributed by atoms with Gasteiger partial charge in [-0.15, -0.1) is 0 Å². The topological polar surface area (TPSA) is 18.5 Å². The summed E-state index contributed by atoms with van der Waals surface area (Å²) in [6.45, 7) is 6.16. The third kappa shape index (κ3) is 7.11. The van der Waals surface area contributed by atoms with Crippen molar-refractivity contribution in [2.24, 2.45) is 23.7 Å². The van der Waals surface area contributed by atoms with Crippen LogP contribution in [0.1, 0.15) is 108 Å². The van der Waals surface area contributed by atoms with E-state index in [2.05, 4.69) is 19.9 Å². The molecule has 2 nitrogen and oxygen atoms in total. The third-order valence-electron chi connectivity index (χ3n) is 8.84. The van der Waals surface area contributed by atoms with Crippen molar-refractivity contribution in [3.05, 3.63) is 40.2 Å². The van der Waals surface area contributed by atoms with E-state index in [9.17, 15) is 0 Å². The lowest BCUT2D eigenvalue weighted by Crippen LogP contribution is -2.39. The molecule has 4 rings (SSSR count). The second-order valence-corrected chi connectivity index (χ2v) is 11.7. The lowest BCUT2D eigenvalue weighted by atomic mass is 9.71. The van der Waals surface area contributed by atoms with Gasteiger partial charge in [0.1, 0.15) is 5.82 Å². The molecule has 2 aliphatic carbocycles. The van der Waals surface area contributed by atoms with Crippen LogP contribution >= 0.6 is 11.6 Å². The van der Waals surface area contributed by atoms with E-state index < -0.39 is 0 Å². The number of aryl methyl sites for hydroxylation is 1. The molecule has 1 aromatic rings. The molecule has 0 bridgehead atoms. The first-order valence-electron chi connectivity index (χ1n) is 14.5. The number of rotatable bonds is 10. The van der Waals surface area contributed by atoms with Crippen LogP contribution in [0.15, 0.2) is 18.2 Å². The van der Waals surface area contributed by atoms with Gasteiger partial charge in [-0.2, -0.15) is 0 Å². The number of benzene rings is 1. The van der Waals surface area contributed by atoms with E-state index in [0.29, 0.717) is 16.9 Å². The van der Waals surface area contributed by atoms with Crippen molar-refractivity contribution < 1.29 is 13.9 Å². The maximum absolute atomic E-state index is 15.1. The summed E-state index contributed by atoms with van der Waals surface area (Å²) in [5.74, 6) is 2.42. The Morgan fingerprint density at radius 1 is 0.886 bits per heavy atom. The fourth-order valence-corrected chi connectivity index (χ4v) is 6.75. The second kappa shape index (κ2) is 13.6. The van der Waals surface area contributed by atoms with Crippen LogP contribution in [-0.4, -0.2) is 19.5 Å². The van der Waals surface area contributed by atoms with Crippen molar-refractivity contribution in [2.45, 2.75) is 110 Å². The SMILES string of the molecule is CCCCCC1COC(C2CCC(C3CC=C(c4ccc(CCCC)c(Cl)c4F)CC3)CC2)OC1. The number of hydrogen-bond donors (Lipinski definition) is 0. The summed E-state index contributed by atoms with van der Waals surface area (Å²) in [7, 11) is 0. The molecule has 0 radical (unpaired) electrons. The molecule has 196 valence electrons. The molecule has 2 fully saturated rings. The summed E-state index contributed by atoms with van der Waals surface area (Å²) < 4.78 is 27.4. The third-order valence-corrected chi connectivity index (χ3v) is 9.24. The van der Waals surface area contributed by atoms with Gasteiger partial charge in [0.15, 0.2) is 6.29 Å². The zero-order chi connectivity index (χ0) is 24.6. The Kier molecular flexibility index (Phi) is 10.5. The molecule has 1 heterocycles. The second-order valence-electron chi connectivity index (χ2n) is 11.3. The van der Waals surface area contributed by atoms with Crippen molar-refractivity contribution in [3.63, 3.8) is 0 Å². The van der Waals surface area contributed by atoms with Crippen molar-refractivity contribution in [2.75, 3.05) is 13.2 Å². The van der Waals surface area contributed by atoms with Gasteiger partial charge in [-0.25, -0.2) is 4.39 Å². The predicted molar refractivity (Wildman–Crippen MR) is 144 cm³/mol. The maximum atomic E-state index is 15.1. The van der Waals surface area contributed by atoms with E-state index in [-0.39, 0.29) is 12.1 Å². The summed E-state index contributed by atoms with van der Waals surface area (Å²) in [6.07, 6.45) is 18.6. The first-order valence-corrected chi connectivity index (χ1v) is 14.9. The van der Waals surface area contributed by atoms with Crippen LogP contribution in [-0.2, 0) is 15.9 Å². The van der Waals surface area contributed by atoms with Crippen molar-refractivity contribution >= 4 is 17.2 Å². The van der Waals surface area contributed by atoms with Gasteiger partial charge in [0.2, 0.25) is 0 Å². The van der Waals surface area contributed by atoms with Crippen molar-refractivity contribution in [1.82, 2.24) is 0 Å². The number of allylic oxidation sites excluding steroid dienone is 2. The van der Waals surface area contributed by atoms with E-state index >= 15 is 4.39 Å². The highest BCUT2D eigenvalue weighted by atomic mass is 35.5. The quantitative estimate of drug-likeness (QED) is 0.295. The fraction of sp³-hybridized carbons (Fsp3) is 0.742. The lowest BCUT2D eigenvalue weighted by molar-refractivity contribution is -0.230. The fourth-order valence-electron chi connectivity index (χ4n) is 6.49. The molecular formula is C31H46ClFO2. The van der Waals surface area contributed by atoms with Crippen LogP contribution in [0.5, 0.6) is 0 Å². The number of halogens is 2. The van der Waals surface area contributed by atoms with E-state index in [0.717, 1.165) is 80.3 Å². The molecule has 1 aromatic carbocycles. The minimum Gasteiger partial charge on any atom is -0.352 e. The molecule has 0 aromatic heterocycles. The molecule has 3 aliphatic rings. The molecule has 1 saturated heterocycles. The molecule has 35 heavy (non-hydrogen) atoms. The maximum Gasteiger partial charge on any atom is 0.160 e. The summed E-state index contributed by atoms with van der Waals surface area (Å²) in [4.78, 5) is 0. The van der Waals surface area contributed by atoms with Crippen LogP contribution < -0.4 is 0 Å². The lowest BCUT2D eigenvalue weighted by Gasteiger charge is -2.40. The molecule has 1 saturated carbocycles. The summed E-state index contributed by atoms with van der Waals surface area (Å²) in [5, 5.41) is 0.330. The first-order chi connectivity index (χ1) is 17.1. The minimum absolute atomic E-state index is 0.0178. The van der Waals surface area contributed by atoms with Crippen molar-refractivity contribution in [3.8, 4) is 0 Å². The van der Waals surface area contributed by atoms with Gasteiger partial charge < -0.3 is 9.47 Å². The highest BCUT2D eigenvalue weighted by Gasteiger charge is 2.35. The van der Waals surface area contributed by atoms with Crippen LogP contribution in [0.25, 0.3) is 5.57 Å². The average molecular weight is 505 g/mol. The zero-order valence-electron chi connectivity index (χ0n) is 22.0. The van der Waals surface area contributed by atoms with Crippen LogP contribution in [0.3, 0.4) is 0 Å². The number of hydrogen-bond acceptors (Lipinski definition) is 2. The van der Waals surface area contributed by atoms with Gasteiger partial charge in [0, 0.05) is 17.4 Å². The van der Waals surface area contributed by atoms with E-state index in [1.807, 2.05) is 12.1 Å². The minimum atomic E-state index is -0.217. The predicted octanol–water partition coefficient (Wildman–Crippen LogP) is 9.38. The van der Waals surface area contributed by atoms with E-state index in [1.165, 1.54) is 51.4 Å². The standard InChI is InChI=1S/C31H46ClFO2/c1-3-5-7-8-22-20-34-31(35-21-22)27-16-12-24(13-17-27)23-10-14-25(15-11-23)28-19-18-26(9-6-4-2)29(32)30(28)33/h14,18-19,22-24,27,31H,3-13,15-17,20-21H2,1-2H3. The molecule has 0 N–H and O–H groups in total. The number of unbranched alkanes of at least 4 members (excludes halogenated alkanes) is 3. The van der Waals surface area contributed by atoms with Gasteiger partial charge in [-0.1, -0.05) is 69.3 Å². The zero-order valence-corrected chi connectivity index (χ0v) is 22.8. The molecule has 1 atom stereocenters. The molecule has 0 spiro atoms. The summed E-state index contributed by atoms with van der Waals surface area (Å²) in [6, 6.07) is 4.00.